The molecule has 2 rings (SSSR count). The average molecular weight is 238 g/mol. The van der Waals surface area contributed by atoms with Crippen LogP contribution < -0.4 is 11.1 Å². The summed E-state index contributed by atoms with van der Waals surface area (Å²) in [5, 5.41) is 3.30. The van der Waals surface area contributed by atoms with Crippen molar-refractivity contribution in [3.05, 3.63) is 18.1 Å². The second-order valence-electron chi connectivity index (χ2n) is 4.14. The molecule has 2 heterocycles. The van der Waals surface area contributed by atoms with Crippen molar-refractivity contribution in [3.63, 3.8) is 0 Å². The summed E-state index contributed by atoms with van der Waals surface area (Å²) in [6.07, 6.45) is 4.17. The van der Waals surface area contributed by atoms with Gasteiger partial charge in [-0.2, -0.15) is 0 Å². The fourth-order valence-electron chi connectivity index (χ4n) is 1.59. The zero-order valence-electron chi connectivity index (χ0n) is 9.06. The van der Waals surface area contributed by atoms with Gasteiger partial charge in [-0.25, -0.2) is 9.97 Å². The van der Waals surface area contributed by atoms with Gasteiger partial charge in [-0.3, -0.25) is 0 Å². The van der Waals surface area contributed by atoms with Crippen LogP contribution in [0.5, 0.6) is 0 Å². The predicted molar refractivity (Wildman–Crippen MR) is 65.4 cm³/mol. The van der Waals surface area contributed by atoms with Crippen molar-refractivity contribution in [1.82, 2.24) is 9.97 Å². The minimum atomic E-state index is -0.0561. The third kappa shape index (κ3) is 2.45. The number of nitrogens with two attached hydrogens (primary N) is 1. The van der Waals surface area contributed by atoms with E-state index in [-0.39, 0.29) is 10.5 Å². The van der Waals surface area contributed by atoms with Gasteiger partial charge in [-0.15, -0.1) is 0 Å². The van der Waals surface area contributed by atoms with Gasteiger partial charge in [0.05, 0.1) is 24.5 Å². The van der Waals surface area contributed by atoms with Crippen molar-refractivity contribution in [2.24, 2.45) is 5.73 Å². The Morgan fingerprint density at radius 1 is 1.56 bits per heavy atom. The van der Waals surface area contributed by atoms with Crippen LogP contribution in [-0.4, -0.2) is 33.7 Å². The minimum absolute atomic E-state index is 0.0561. The molecule has 1 aromatic heterocycles. The predicted octanol–water partition coefficient (Wildman–Crippen LogP) is 0.702. The standard InChI is InChI=1S/C10H14N4OS/c1-10(2-3-15-6-10)14-8-5-12-7(4-13-8)9(11)16/h4-5H,2-3,6H2,1H3,(H2,11,16)(H,13,14). The van der Waals surface area contributed by atoms with Crippen LogP contribution in [0.1, 0.15) is 19.0 Å². The largest absolute Gasteiger partial charge is 0.388 e. The fraction of sp³-hybridized carbons (Fsp3) is 0.500. The molecule has 16 heavy (non-hydrogen) atoms. The van der Waals surface area contributed by atoms with E-state index in [0.717, 1.165) is 13.0 Å². The van der Waals surface area contributed by atoms with E-state index < -0.39 is 0 Å². The smallest absolute Gasteiger partial charge is 0.145 e. The van der Waals surface area contributed by atoms with E-state index in [2.05, 4.69) is 22.2 Å². The highest BCUT2D eigenvalue weighted by molar-refractivity contribution is 7.80. The lowest BCUT2D eigenvalue weighted by Gasteiger charge is -2.23. The fourth-order valence-corrected chi connectivity index (χ4v) is 1.70. The average Bonchev–Trinajstić information content (AvgIpc) is 2.65. The molecule has 1 aliphatic rings. The molecule has 0 radical (unpaired) electrons. The lowest BCUT2D eigenvalue weighted by atomic mass is 10.0. The molecule has 3 N–H and O–H groups in total. The van der Waals surface area contributed by atoms with Crippen LogP contribution in [0.4, 0.5) is 5.82 Å². The molecule has 1 saturated heterocycles. The van der Waals surface area contributed by atoms with Gasteiger partial charge < -0.3 is 15.8 Å². The number of nitrogens with one attached hydrogen (secondary N) is 1. The maximum atomic E-state index is 5.44. The van der Waals surface area contributed by atoms with E-state index in [0.29, 0.717) is 18.1 Å². The summed E-state index contributed by atoms with van der Waals surface area (Å²) in [6.45, 7) is 3.57. The molecule has 1 unspecified atom stereocenters. The highest BCUT2D eigenvalue weighted by atomic mass is 32.1. The molecule has 5 nitrogen and oxygen atoms in total. The van der Waals surface area contributed by atoms with E-state index >= 15 is 0 Å². The Morgan fingerprint density at radius 2 is 2.38 bits per heavy atom. The van der Waals surface area contributed by atoms with Crippen molar-refractivity contribution in [3.8, 4) is 0 Å². The Labute approximate surface area is 99.4 Å². The van der Waals surface area contributed by atoms with Crippen molar-refractivity contribution in [2.75, 3.05) is 18.5 Å². The zero-order chi connectivity index (χ0) is 11.6. The Morgan fingerprint density at radius 3 is 2.88 bits per heavy atom. The van der Waals surface area contributed by atoms with Gasteiger partial charge in [0.1, 0.15) is 16.5 Å². The van der Waals surface area contributed by atoms with E-state index in [9.17, 15) is 0 Å². The van der Waals surface area contributed by atoms with Crippen LogP contribution in [0, 0.1) is 0 Å². The SMILES string of the molecule is CC1(Nc2cnc(C(N)=S)cn2)CCOC1. The summed E-state index contributed by atoms with van der Waals surface area (Å²) in [7, 11) is 0. The number of ether oxygens (including phenoxy) is 1. The molecule has 1 atom stereocenters. The first-order chi connectivity index (χ1) is 7.59. The molecular formula is C10H14N4OS. The summed E-state index contributed by atoms with van der Waals surface area (Å²) >= 11 is 4.81. The normalized spacial score (nSPS) is 24.3. The lowest BCUT2D eigenvalue weighted by Crippen LogP contribution is -2.35. The highest BCUT2D eigenvalue weighted by Crippen LogP contribution is 2.22. The van der Waals surface area contributed by atoms with E-state index in [1.807, 2.05) is 0 Å². The van der Waals surface area contributed by atoms with Gasteiger partial charge in [0.2, 0.25) is 0 Å². The number of hydrogen-bond acceptors (Lipinski definition) is 5. The van der Waals surface area contributed by atoms with Gasteiger partial charge in [-0.05, 0) is 13.3 Å². The van der Waals surface area contributed by atoms with Gasteiger partial charge in [0.25, 0.3) is 0 Å². The number of nitrogens with zero attached hydrogens (tertiary/aromatic N) is 2. The number of aromatic nitrogens is 2. The molecule has 1 fully saturated rings. The highest BCUT2D eigenvalue weighted by Gasteiger charge is 2.29. The quantitative estimate of drug-likeness (QED) is 0.755. The Kier molecular flexibility index (Phi) is 3.02. The van der Waals surface area contributed by atoms with Gasteiger partial charge in [-0.1, -0.05) is 12.2 Å². The maximum Gasteiger partial charge on any atom is 0.145 e. The first kappa shape index (κ1) is 11.2. The molecule has 6 heteroatoms. The summed E-state index contributed by atoms with van der Waals surface area (Å²) in [4.78, 5) is 8.59. The molecule has 1 aliphatic heterocycles. The van der Waals surface area contributed by atoms with Gasteiger partial charge in [0.15, 0.2) is 0 Å². The van der Waals surface area contributed by atoms with Crippen LogP contribution in [-0.2, 0) is 4.74 Å². The molecule has 0 bridgehead atoms. The van der Waals surface area contributed by atoms with E-state index in [4.69, 9.17) is 22.7 Å². The summed E-state index contributed by atoms with van der Waals surface area (Å²) in [6, 6.07) is 0. The number of rotatable bonds is 3. The van der Waals surface area contributed by atoms with E-state index in [1.165, 1.54) is 0 Å². The summed E-state index contributed by atoms with van der Waals surface area (Å²) in [5.41, 5.74) is 5.92. The molecular weight excluding hydrogens is 224 g/mol. The Hall–Kier alpha value is -1.27. The van der Waals surface area contributed by atoms with Crippen molar-refractivity contribution < 1.29 is 4.74 Å². The molecule has 0 aromatic carbocycles. The van der Waals surface area contributed by atoms with Crippen LogP contribution in [0.15, 0.2) is 12.4 Å². The van der Waals surface area contributed by atoms with Gasteiger partial charge in [0, 0.05) is 6.61 Å². The first-order valence-corrected chi connectivity index (χ1v) is 5.48. The maximum absolute atomic E-state index is 5.44. The molecule has 1 aromatic rings. The van der Waals surface area contributed by atoms with E-state index in [1.54, 1.807) is 12.4 Å². The topological polar surface area (TPSA) is 73.1 Å². The lowest BCUT2D eigenvalue weighted by molar-refractivity contribution is 0.185. The molecule has 0 spiro atoms. The number of thiocarbonyl (C=S) groups is 1. The molecule has 86 valence electrons. The third-order valence-corrected chi connectivity index (χ3v) is 2.76. The monoisotopic (exact) mass is 238 g/mol. The second-order valence-corrected chi connectivity index (χ2v) is 4.58. The van der Waals surface area contributed by atoms with Crippen molar-refractivity contribution in [2.45, 2.75) is 18.9 Å². The Balaban J connectivity index is 2.07. The van der Waals surface area contributed by atoms with Crippen LogP contribution in [0.2, 0.25) is 0 Å². The first-order valence-electron chi connectivity index (χ1n) is 5.07. The number of anilines is 1. The van der Waals surface area contributed by atoms with Crippen LogP contribution in [0.3, 0.4) is 0 Å². The molecule has 0 amide bonds. The van der Waals surface area contributed by atoms with Crippen LogP contribution in [0.25, 0.3) is 0 Å². The summed E-state index contributed by atoms with van der Waals surface area (Å²) < 4.78 is 5.34. The third-order valence-electron chi connectivity index (χ3n) is 2.55. The zero-order valence-corrected chi connectivity index (χ0v) is 9.88. The number of hydrogen-bond donors (Lipinski definition) is 2. The molecule has 0 saturated carbocycles. The van der Waals surface area contributed by atoms with Crippen molar-refractivity contribution in [1.29, 1.82) is 0 Å². The Bertz CT molecular complexity index is 386. The van der Waals surface area contributed by atoms with Crippen LogP contribution >= 0.6 is 12.2 Å². The summed E-state index contributed by atoms with van der Waals surface area (Å²) in [5.74, 6) is 0.716. The second kappa shape index (κ2) is 4.31. The van der Waals surface area contributed by atoms with Crippen molar-refractivity contribution >= 4 is 23.0 Å². The van der Waals surface area contributed by atoms with Gasteiger partial charge >= 0.3 is 0 Å². The minimum Gasteiger partial charge on any atom is -0.388 e. The molecule has 0 aliphatic carbocycles.